The zero-order valence-corrected chi connectivity index (χ0v) is 20.5. The van der Waals surface area contributed by atoms with E-state index in [9.17, 15) is 9.59 Å². The molecule has 5 aromatic rings. The smallest absolute Gasteiger partial charge is 0.347 e. The first-order valence-corrected chi connectivity index (χ1v) is 12.5. The third-order valence-corrected chi connectivity index (χ3v) is 6.78. The van der Waals surface area contributed by atoms with E-state index in [4.69, 9.17) is 18.6 Å². The van der Waals surface area contributed by atoms with E-state index in [1.165, 1.54) is 11.3 Å². The van der Waals surface area contributed by atoms with Crippen LogP contribution < -0.4 is 14.2 Å². The largest absolute Gasteiger partial charge is 0.489 e. The zero-order valence-electron chi connectivity index (χ0n) is 19.7. The molecule has 0 N–H and O–H groups in total. The predicted octanol–water partition coefficient (Wildman–Crippen LogP) is 7.22. The van der Waals surface area contributed by atoms with E-state index in [0.717, 1.165) is 10.4 Å². The Morgan fingerprint density at radius 2 is 1.81 bits per heavy atom. The molecule has 7 heteroatoms. The fraction of sp³-hybridized carbons (Fsp3) is 0.0667. The molecule has 0 fully saturated rings. The first-order chi connectivity index (χ1) is 18.0. The van der Waals surface area contributed by atoms with Gasteiger partial charge in [0.1, 0.15) is 40.8 Å². The van der Waals surface area contributed by atoms with Crippen LogP contribution in [0.5, 0.6) is 17.2 Å². The van der Waals surface area contributed by atoms with Gasteiger partial charge in [0.2, 0.25) is 5.78 Å². The van der Waals surface area contributed by atoms with Crippen molar-refractivity contribution in [3.8, 4) is 17.2 Å². The average molecular weight is 509 g/mol. The SMILES string of the molecule is Cc1oc2ccc(OCc3ccccc3)cc2c1C(=O)Oc1ccc2c(c1)OC(=Cc1cccs1)C2=O. The lowest BCUT2D eigenvalue weighted by Crippen LogP contribution is -2.09. The van der Waals surface area contributed by atoms with Crippen molar-refractivity contribution in [1.29, 1.82) is 0 Å². The van der Waals surface area contributed by atoms with E-state index < -0.39 is 5.97 Å². The number of furan rings is 1. The number of ketones is 1. The minimum atomic E-state index is -0.574. The van der Waals surface area contributed by atoms with E-state index >= 15 is 0 Å². The van der Waals surface area contributed by atoms with Gasteiger partial charge in [-0.25, -0.2) is 4.79 Å². The molecule has 37 heavy (non-hydrogen) atoms. The summed E-state index contributed by atoms with van der Waals surface area (Å²) in [5, 5.41) is 2.53. The molecule has 6 rings (SSSR count). The Bertz CT molecular complexity index is 1660. The predicted molar refractivity (Wildman–Crippen MR) is 140 cm³/mol. The fourth-order valence-electron chi connectivity index (χ4n) is 4.17. The fourth-order valence-corrected chi connectivity index (χ4v) is 4.82. The summed E-state index contributed by atoms with van der Waals surface area (Å²) in [4.78, 5) is 26.8. The maximum Gasteiger partial charge on any atom is 0.347 e. The van der Waals surface area contributed by atoms with Crippen molar-refractivity contribution in [1.82, 2.24) is 0 Å². The molecular formula is C30H20O6S. The van der Waals surface area contributed by atoms with E-state index in [2.05, 4.69) is 0 Å². The van der Waals surface area contributed by atoms with Crippen LogP contribution in [-0.4, -0.2) is 11.8 Å². The summed E-state index contributed by atoms with van der Waals surface area (Å²) in [5.74, 6) is 1.12. The average Bonchev–Trinajstić information content (AvgIpc) is 3.61. The number of carbonyl (C=O) groups excluding carboxylic acids is 2. The first kappa shape index (κ1) is 22.8. The summed E-state index contributed by atoms with van der Waals surface area (Å²) < 4.78 is 23.2. The minimum absolute atomic E-state index is 0.207. The quantitative estimate of drug-likeness (QED) is 0.137. The Labute approximate surface area is 216 Å². The molecule has 0 saturated heterocycles. The lowest BCUT2D eigenvalue weighted by Gasteiger charge is -2.07. The second-order valence-corrected chi connectivity index (χ2v) is 9.45. The van der Waals surface area contributed by atoms with Crippen molar-refractivity contribution in [2.45, 2.75) is 13.5 Å². The van der Waals surface area contributed by atoms with Crippen LogP contribution >= 0.6 is 11.3 Å². The van der Waals surface area contributed by atoms with Crippen LogP contribution in [0.1, 0.15) is 36.9 Å². The normalized spacial score (nSPS) is 13.5. The molecule has 1 aliphatic heterocycles. The van der Waals surface area contributed by atoms with Crippen LogP contribution in [0.25, 0.3) is 17.0 Å². The Morgan fingerprint density at radius 3 is 2.62 bits per heavy atom. The molecule has 0 aliphatic carbocycles. The molecular weight excluding hydrogens is 488 g/mol. The Kier molecular flexibility index (Phi) is 5.82. The van der Waals surface area contributed by atoms with E-state index in [0.29, 0.717) is 46.0 Å². The number of ether oxygens (including phenoxy) is 3. The van der Waals surface area contributed by atoms with Crippen LogP contribution in [0.4, 0.5) is 0 Å². The van der Waals surface area contributed by atoms with Crippen LogP contribution in [-0.2, 0) is 6.61 Å². The number of esters is 1. The van der Waals surface area contributed by atoms with Crippen molar-refractivity contribution in [2.75, 3.05) is 0 Å². The van der Waals surface area contributed by atoms with Gasteiger partial charge in [0.15, 0.2) is 5.76 Å². The van der Waals surface area contributed by atoms with Crippen molar-refractivity contribution in [3.63, 3.8) is 0 Å². The molecule has 182 valence electrons. The molecule has 3 aromatic carbocycles. The van der Waals surface area contributed by atoms with Crippen LogP contribution in [0.2, 0.25) is 0 Å². The molecule has 1 aliphatic rings. The second kappa shape index (κ2) is 9.44. The monoisotopic (exact) mass is 508 g/mol. The highest BCUT2D eigenvalue weighted by Crippen LogP contribution is 2.36. The Morgan fingerprint density at radius 1 is 0.973 bits per heavy atom. The van der Waals surface area contributed by atoms with Crippen LogP contribution in [0.3, 0.4) is 0 Å². The molecule has 0 atom stereocenters. The van der Waals surface area contributed by atoms with Gasteiger partial charge in [-0.1, -0.05) is 36.4 Å². The molecule has 0 bridgehead atoms. The van der Waals surface area contributed by atoms with E-state index in [1.54, 1.807) is 49.4 Å². The molecule has 0 amide bonds. The van der Waals surface area contributed by atoms with Crippen LogP contribution in [0.15, 0.2) is 94.4 Å². The molecule has 0 unspecified atom stereocenters. The number of allylic oxidation sites excluding steroid dienone is 1. The number of carbonyl (C=O) groups is 2. The van der Waals surface area contributed by atoms with Crippen molar-refractivity contribution in [2.24, 2.45) is 0 Å². The van der Waals surface area contributed by atoms with Gasteiger partial charge in [-0.15, -0.1) is 11.3 Å². The molecule has 0 radical (unpaired) electrons. The van der Waals surface area contributed by atoms with E-state index in [1.807, 2.05) is 47.8 Å². The molecule has 6 nitrogen and oxygen atoms in total. The third-order valence-electron chi connectivity index (χ3n) is 5.96. The van der Waals surface area contributed by atoms with E-state index in [-0.39, 0.29) is 17.3 Å². The van der Waals surface area contributed by atoms with Gasteiger partial charge in [0.25, 0.3) is 0 Å². The molecule has 2 aromatic heterocycles. The maximum atomic E-state index is 13.2. The van der Waals surface area contributed by atoms with Gasteiger partial charge in [-0.2, -0.15) is 0 Å². The Balaban J connectivity index is 1.23. The summed E-state index contributed by atoms with van der Waals surface area (Å²) >= 11 is 1.51. The van der Waals surface area contributed by atoms with Gasteiger partial charge in [-0.3, -0.25) is 4.79 Å². The standard InChI is InChI=1S/C30H20O6S/c1-18-28(24-14-20(10-12-25(24)34-18)33-17-19-6-3-2-4-7-19)30(32)35-21-9-11-23-26(15-21)36-27(29(23)31)16-22-8-5-13-37-22/h2-16H,17H2,1H3. The molecule has 0 spiro atoms. The first-order valence-electron chi connectivity index (χ1n) is 11.6. The maximum absolute atomic E-state index is 13.2. The topological polar surface area (TPSA) is 75.0 Å². The minimum Gasteiger partial charge on any atom is -0.489 e. The van der Waals surface area contributed by atoms with Crippen LogP contribution in [0, 0.1) is 6.92 Å². The lowest BCUT2D eigenvalue weighted by atomic mass is 10.1. The summed E-state index contributed by atoms with van der Waals surface area (Å²) in [7, 11) is 0. The van der Waals surface area contributed by atoms with Crippen molar-refractivity contribution in [3.05, 3.63) is 117 Å². The highest BCUT2D eigenvalue weighted by Gasteiger charge is 2.29. The summed E-state index contributed by atoms with van der Waals surface area (Å²) in [5.41, 5.74) is 2.34. The Hall–Kier alpha value is -4.62. The molecule has 0 saturated carbocycles. The van der Waals surface area contributed by atoms with Gasteiger partial charge >= 0.3 is 5.97 Å². The number of benzene rings is 3. The summed E-state index contributed by atoms with van der Waals surface area (Å²) in [6.45, 7) is 2.12. The number of rotatable bonds is 6. The number of thiophene rings is 1. The zero-order chi connectivity index (χ0) is 25.4. The highest BCUT2D eigenvalue weighted by molar-refractivity contribution is 7.10. The number of aryl methyl sites for hydroxylation is 1. The lowest BCUT2D eigenvalue weighted by molar-refractivity contribution is 0.0734. The highest BCUT2D eigenvalue weighted by atomic mass is 32.1. The van der Waals surface area contributed by atoms with Gasteiger partial charge in [0, 0.05) is 22.4 Å². The van der Waals surface area contributed by atoms with Gasteiger partial charge in [-0.05, 0) is 54.3 Å². The van der Waals surface area contributed by atoms with Crippen molar-refractivity contribution >= 4 is 40.1 Å². The number of hydrogen-bond acceptors (Lipinski definition) is 7. The number of fused-ring (bicyclic) bond motifs is 2. The van der Waals surface area contributed by atoms with Gasteiger partial charge < -0.3 is 18.6 Å². The number of hydrogen-bond donors (Lipinski definition) is 0. The summed E-state index contributed by atoms with van der Waals surface area (Å²) in [6.07, 6.45) is 1.71. The van der Waals surface area contributed by atoms with Gasteiger partial charge in [0.05, 0.1) is 5.56 Å². The summed E-state index contributed by atoms with van der Waals surface area (Å²) in [6, 6.07) is 23.7. The number of Topliss-reactive ketones (excluding diaryl/α,β-unsaturated/α-hetero) is 1. The molecule has 3 heterocycles. The third kappa shape index (κ3) is 4.52. The second-order valence-electron chi connectivity index (χ2n) is 8.47. The van der Waals surface area contributed by atoms with Crippen molar-refractivity contribution < 1.29 is 28.2 Å².